The second kappa shape index (κ2) is 11.0. The second-order valence-electron chi connectivity index (χ2n) is 5.00. The molecular weight excluding hydrogens is 343 g/mol. The zero-order chi connectivity index (χ0) is 14.4. The van der Waals surface area contributed by atoms with Crippen molar-refractivity contribution in [1.82, 2.24) is 15.2 Å². The molecule has 1 aliphatic rings. The number of hydrogen-bond acceptors (Lipinski definition) is 5. The minimum absolute atomic E-state index is 0. The van der Waals surface area contributed by atoms with Crippen LogP contribution in [0.15, 0.2) is 18.0 Å². The van der Waals surface area contributed by atoms with Crippen molar-refractivity contribution >= 4 is 42.1 Å². The molecule has 1 aromatic heterocycles. The Bertz CT molecular complexity index is 461. The van der Waals surface area contributed by atoms with Gasteiger partial charge in [0.2, 0.25) is 0 Å². The molecule has 1 aromatic rings. The predicted molar refractivity (Wildman–Crippen MR) is 96.5 cm³/mol. The number of nitrogens with one attached hydrogen (secondary N) is 1. The van der Waals surface area contributed by atoms with Crippen LogP contribution in [0.4, 0.5) is 0 Å². The summed E-state index contributed by atoms with van der Waals surface area (Å²) >= 11 is 1.50. The van der Waals surface area contributed by atoms with E-state index in [0.717, 1.165) is 43.9 Å². The van der Waals surface area contributed by atoms with Gasteiger partial charge in [-0.2, -0.15) is 0 Å². The van der Waals surface area contributed by atoms with E-state index < -0.39 is 0 Å². The zero-order valence-electron chi connectivity index (χ0n) is 12.5. The topological polar surface area (TPSA) is 71.2 Å². The number of halogens is 2. The number of hydrogen-bond donors (Lipinski definition) is 2. The molecule has 0 saturated carbocycles. The van der Waals surface area contributed by atoms with E-state index in [1.165, 1.54) is 11.3 Å². The number of likely N-dealkylation sites (tertiary alicyclic amines) is 1. The number of nitrogens with two attached hydrogens (primary N) is 1. The summed E-state index contributed by atoms with van der Waals surface area (Å²) in [5.74, 6) is -0.0632. The molecule has 1 fully saturated rings. The molecule has 0 radical (unpaired) electrons. The highest BCUT2D eigenvalue weighted by Gasteiger charge is 2.21. The summed E-state index contributed by atoms with van der Waals surface area (Å²) in [5.41, 5.74) is 6.01. The molecule has 2 heterocycles. The summed E-state index contributed by atoms with van der Waals surface area (Å²) in [7, 11) is 0. The van der Waals surface area contributed by atoms with Gasteiger partial charge in [-0.05, 0) is 19.4 Å². The van der Waals surface area contributed by atoms with Crippen molar-refractivity contribution in [1.29, 1.82) is 0 Å². The van der Waals surface area contributed by atoms with Crippen molar-refractivity contribution in [2.24, 2.45) is 5.73 Å². The van der Waals surface area contributed by atoms with Gasteiger partial charge in [0.05, 0.1) is 5.01 Å². The summed E-state index contributed by atoms with van der Waals surface area (Å²) in [6.07, 6.45) is 4.63. The Kier molecular flexibility index (Phi) is 10.6. The molecule has 1 saturated heterocycles. The van der Waals surface area contributed by atoms with Crippen LogP contribution in [-0.2, 0) is 6.42 Å². The van der Waals surface area contributed by atoms with Crippen LogP contribution in [0.25, 0.3) is 0 Å². The van der Waals surface area contributed by atoms with Gasteiger partial charge in [0.1, 0.15) is 5.69 Å². The van der Waals surface area contributed by atoms with E-state index in [9.17, 15) is 4.79 Å². The van der Waals surface area contributed by atoms with Crippen LogP contribution in [0.1, 0.15) is 28.3 Å². The Morgan fingerprint density at radius 3 is 2.77 bits per heavy atom. The molecule has 3 N–H and O–H groups in total. The van der Waals surface area contributed by atoms with E-state index in [2.05, 4.69) is 21.8 Å². The fourth-order valence-electron chi connectivity index (χ4n) is 2.36. The first kappa shape index (κ1) is 21.3. The lowest BCUT2D eigenvalue weighted by atomic mass is 10.0. The molecule has 1 aliphatic heterocycles. The van der Waals surface area contributed by atoms with Crippen LogP contribution in [0.5, 0.6) is 0 Å². The van der Waals surface area contributed by atoms with Gasteiger partial charge in [0, 0.05) is 37.5 Å². The highest BCUT2D eigenvalue weighted by atomic mass is 35.5. The number of aromatic nitrogens is 1. The summed E-state index contributed by atoms with van der Waals surface area (Å²) in [6, 6.07) is 0.253. The standard InChI is InChI=1S/C14H22N4OS.2ClH/c1-2-7-18-8-4-11(5-9-18)16-14(19)12-10-20-13(17-12)3-6-15;;/h2,10-11H,1,3-9,15H2,(H,16,19);2*1H. The first-order chi connectivity index (χ1) is 9.72. The smallest absolute Gasteiger partial charge is 0.270 e. The minimum atomic E-state index is -0.0632. The van der Waals surface area contributed by atoms with Crippen LogP contribution < -0.4 is 11.1 Å². The SMILES string of the molecule is C=CCN1CCC(NC(=O)c2csc(CCN)n2)CC1.Cl.Cl. The van der Waals surface area contributed by atoms with Crippen LogP contribution >= 0.6 is 36.2 Å². The molecule has 8 heteroatoms. The fourth-order valence-corrected chi connectivity index (χ4v) is 3.15. The highest BCUT2D eigenvalue weighted by molar-refractivity contribution is 7.09. The van der Waals surface area contributed by atoms with Gasteiger partial charge in [-0.15, -0.1) is 42.7 Å². The van der Waals surface area contributed by atoms with Gasteiger partial charge in [-0.1, -0.05) is 6.08 Å². The van der Waals surface area contributed by atoms with Crippen molar-refractivity contribution in [3.63, 3.8) is 0 Å². The predicted octanol–water partition coefficient (Wildman–Crippen LogP) is 1.87. The summed E-state index contributed by atoms with van der Waals surface area (Å²) in [4.78, 5) is 18.8. The van der Waals surface area contributed by atoms with Gasteiger partial charge >= 0.3 is 0 Å². The number of rotatable bonds is 6. The largest absolute Gasteiger partial charge is 0.348 e. The third-order valence-electron chi connectivity index (χ3n) is 3.45. The van der Waals surface area contributed by atoms with Crippen LogP contribution in [0.2, 0.25) is 0 Å². The van der Waals surface area contributed by atoms with Crippen molar-refractivity contribution in [2.45, 2.75) is 25.3 Å². The van der Waals surface area contributed by atoms with E-state index in [1.807, 2.05) is 11.5 Å². The van der Waals surface area contributed by atoms with E-state index in [1.54, 1.807) is 0 Å². The van der Waals surface area contributed by atoms with Crippen molar-refractivity contribution in [2.75, 3.05) is 26.2 Å². The number of thiazole rings is 1. The average molecular weight is 367 g/mol. The van der Waals surface area contributed by atoms with E-state index >= 15 is 0 Å². The highest BCUT2D eigenvalue weighted by Crippen LogP contribution is 2.13. The van der Waals surface area contributed by atoms with Crippen LogP contribution in [-0.4, -0.2) is 48.0 Å². The molecule has 0 atom stereocenters. The van der Waals surface area contributed by atoms with Gasteiger partial charge in [-0.25, -0.2) is 4.98 Å². The second-order valence-corrected chi connectivity index (χ2v) is 5.94. The van der Waals surface area contributed by atoms with Gasteiger partial charge < -0.3 is 11.1 Å². The average Bonchev–Trinajstić information content (AvgIpc) is 2.90. The molecule has 0 aliphatic carbocycles. The molecule has 1 amide bonds. The maximum Gasteiger partial charge on any atom is 0.270 e. The normalized spacial score (nSPS) is 15.5. The Balaban J connectivity index is 0.00000220. The number of carbonyl (C=O) groups is 1. The third-order valence-corrected chi connectivity index (χ3v) is 4.36. The van der Waals surface area contributed by atoms with E-state index in [0.29, 0.717) is 12.2 Å². The molecule has 0 aromatic carbocycles. The molecule has 126 valence electrons. The van der Waals surface area contributed by atoms with Gasteiger partial charge in [0.15, 0.2) is 0 Å². The molecule has 0 spiro atoms. The van der Waals surface area contributed by atoms with E-state index in [4.69, 9.17) is 5.73 Å². The van der Waals surface area contributed by atoms with Crippen LogP contribution in [0, 0.1) is 0 Å². The summed E-state index contributed by atoms with van der Waals surface area (Å²) in [6.45, 7) is 7.26. The number of carbonyl (C=O) groups excluding carboxylic acids is 1. The van der Waals surface area contributed by atoms with Crippen molar-refractivity contribution < 1.29 is 4.79 Å². The lowest BCUT2D eigenvalue weighted by molar-refractivity contribution is 0.0909. The van der Waals surface area contributed by atoms with Crippen molar-refractivity contribution in [3.05, 3.63) is 28.7 Å². The maximum absolute atomic E-state index is 12.1. The third kappa shape index (κ3) is 6.22. The molecule has 5 nitrogen and oxygen atoms in total. The lowest BCUT2D eigenvalue weighted by Gasteiger charge is -2.31. The van der Waals surface area contributed by atoms with Gasteiger partial charge in [-0.3, -0.25) is 9.69 Å². The maximum atomic E-state index is 12.1. The quantitative estimate of drug-likeness (QED) is 0.753. The molecular formula is C14H24Cl2N4OS. The monoisotopic (exact) mass is 366 g/mol. The van der Waals surface area contributed by atoms with E-state index in [-0.39, 0.29) is 36.8 Å². The van der Waals surface area contributed by atoms with Crippen LogP contribution in [0.3, 0.4) is 0 Å². The number of nitrogens with zero attached hydrogens (tertiary/aromatic N) is 2. The Morgan fingerprint density at radius 1 is 1.50 bits per heavy atom. The Morgan fingerprint density at radius 2 is 2.18 bits per heavy atom. The summed E-state index contributed by atoms with van der Waals surface area (Å²) < 4.78 is 0. The summed E-state index contributed by atoms with van der Waals surface area (Å²) in [5, 5.41) is 5.82. The first-order valence-corrected chi connectivity index (χ1v) is 7.89. The van der Waals surface area contributed by atoms with Gasteiger partial charge in [0.25, 0.3) is 5.91 Å². The van der Waals surface area contributed by atoms with Crippen molar-refractivity contribution in [3.8, 4) is 0 Å². The lowest BCUT2D eigenvalue weighted by Crippen LogP contribution is -2.44. The fraction of sp³-hybridized carbons (Fsp3) is 0.571. The Hall–Kier alpha value is -0.660. The zero-order valence-corrected chi connectivity index (χ0v) is 14.9. The number of amides is 1. The molecule has 22 heavy (non-hydrogen) atoms. The number of piperidine rings is 1. The minimum Gasteiger partial charge on any atom is -0.348 e. The molecule has 2 rings (SSSR count). The molecule has 0 unspecified atom stereocenters. The Labute approximate surface area is 148 Å². The molecule has 0 bridgehead atoms. The first-order valence-electron chi connectivity index (χ1n) is 7.01.